The van der Waals surface area contributed by atoms with Gasteiger partial charge in [0.2, 0.25) is 0 Å². The molecule has 9 nitrogen and oxygen atoms in total. The summed E-state index contributed by atoms with van der Waals surface area (Å²) in [6, 6.07) is 7.38. The molecule has 0 unspecified atom stereocenters. The Morgan fingerprint density at radius 1 is 1.09 bits per heavy atom. The molecule has 1 aliphatic heterocycles. The largest absolute Gasteiger partial charge is 0.488 e. The Balaban J connectivity index is 1.31. The third-order valence-electron chi connectivity index (χ3n) is 6.18. The van der Waals surface area contributed by atoms with E-state index in [1.165, 1.54) is 6.33 Å². The van der Waals surface area contributed by atoms with E-state index in [-0.39, 0.29) is 11.3 Å². The lowest BCUT2D eigenvalue weighted by atomic mass is 10.0. The Bertz CT molecular complexity index is 1140. The van der Waals surface area contributed by atoms with Crippen LogP contribution in [-0.4, -0.2) is 57.2 Å². The summed E-state index contributed by atoms with van der Waals surface area (Å²) in [4.78, 5) is 13.4. The van der Waals surface area contributed by atoms with Gasteiger partial charge in [-0.2, -0.15) is 5.10 Å². The quantitative estimate of drug-likeness (QED) is 0.455. The molecule has 2 aromatic heterocycles. The summed E-state index contributed by atoms with van der Waals surface area (Å²) in [6.45, 7) is 5.53. The van der Waals surface area contributed by atoms with Crippen LogP contribution < -0.4 is 20.3 Å². The predicted octanol–water partition coefficient (Wildman–Crippen LogP) is 2.47. The van der Waals surface area contributed by atoms with Gasteiger partial charge in [0.05, 0.1) is 23.3 Å². The van der Waals surface area contributed by atoms with Crippen molar-refractivity contribution in [3.8, 4) is 5.75 Å². The number of hydrogen-bond acceptors (Lipinski definition) is 8. The number of ether oxygens (including phenoxy) is 1. The molecule has 5 rings (SSSR count). The van der Waals surface area contributed by atoms with Crippen LogP contribution in [0.2, 0.25) is 0 Å². The molecule has 9 heteroatoms. The normalized spacial score (nSPS) is 17.3. The molecule has 3 aromatic rings. The van der Waals surface area contributed by atoms with E-state index < -0.39 is 0 Å². The van der Waals surface area contributed by atoms with E-state index in [9.17, 15) is 0 Å². The molecule has 0 radical (unpaired) electrons. The fraction of sp³-hybridized carbons (Fsp3) is 0.391. The molecule has 32 heavy (non-hydrogen) atoms. The van der Waals surface area contributed by atoms with Gasteiger partial charge in [-0.3, -0.25) is 10.1 Å². The van der Waals surface area contributed by atoms with Gasteiger partial charge in [-0.15, -0.1) is 0 Å². The zero-order chi connectivity index (χ0) is 22.3. The van der Waals surface area contributed by atoms with Crippen molar-refractivity contribution in [1.82, 2.24) is 19.7 Å². The number of nitrogen functional groups attached to an aromatic ring is 1. The lowest BCUT2D eigenvalue weighted by molar-refractivity contribution is 0.200. The minimum Gasteiger partial charge on any atom is -0.488 e. The van der Waals surface area contributed by atoms with Crippen LogP contribution in [0.4, 0.5) is 17.2 Å². The van der Waals surface area contributed by atoms with Crippen LogP contribution in [0.5, 0.6) is 5.75 Å². The van der Waals surface area contributed by atoms with Gasteiger partial charge >= 0.3 is 0 Å². The molecule has 0 spiro atoms. The monoisotopic (exact) mass is 432 g/mol. The van der Waals surface area contributed by atoms with Gasteiger partial charge in [-0.25, -0.2) is 9.97 Å². The molecule has 1 aliphatic carbocycles. The third kappa shape index (κ3) is 4.10. The molecule has 2 fully saturated rings. The van der Waals surface area contributed by atoms with Crippen LogP contribution in [0.3, 0.4) is 0 Å². The molecule has 2 aliphatic rings. The topological polar surface area (TPSA) is 109 Å². The standard InChI is InChI=1S/C23H28N8O/c1-23(5-6-23)32-17-3-4-19(24)18(11-17)22(25)20-12-21(27-15-26-20)31-9-7-30(8-10-31)16-13-28-29(2)14-16/h3-4,11-15,25H,5-10,24H2,1-2H3. The summed E-state index contributed by atoms with van der Waals surface area (Å²) in [5.41, 5.74) is 9.22. The molecule has 1 saturated carbocycles. The smallest absolute Gasteiger partial charge is 0.132 e. The fourth-order valence-corrected chi connectivity index (χ4v) is 3.94. The Labute approximate surface area is 187 Å². The summed E-state index contributed by atoms with van der Waals surface area (Å²) < 4.78 is 7.88. The molecule has 3 heterocycles. The SMILES string of the molecule is Cn1cc(N2CCN(c3cc(C(=N)c4cc(OC5(C)CC5)ccc4N)ncn3)CC2)cn1. The predicted molar refractivity (Wildman–Crippen MR) is 125 cm³/mol. The summed E-state index contributed by atoms with van der Waals surface area (Å²) >= 11 is 0. The van der Waals surface area contributed by atoms with Crippen molar-refractivity contribution in [1.29, 1.82) is 5.41 Å². The molecular formula is C23H28N8O. The molecular weight excluding hydrogens is 404 g/mol. The number of piperazine rings is 1. The van der Waals surface area contributed by atoms with Gasteiger partial charge < -0.3 is 20.3 Å². The third-order valence-corrected chi connectivity index (χ3v) is 6.18. The second-order valence-corrected chi connectivity index (χ2v) is 8.78. The number of anilines is 3. The second kappa shape index (κ2) is 7.81. The highest BCUT2D eigenvalue weighted by molar-refractivity contribution is 6.13. The number of rotatable bonds is 6. The van der Waals surface area contributed by atoms with Crippen molar-refractivity contribution in [3.63, 3.8) is 0 Å². The summed E-state index contributed by atoms with van der Waals surface area (Å²) in [6.07, 6.45) is 7.55. The number of nitrogens with zero attached hydrogens (tertiary/aromatic N) is 6. The summed E-state index contributed by atoms with van der Waals surface area (Å²) in [5, 5.41) is 13.0. The van der Waals surface area contributed by atoms with Crippen molar-refractivity contribution in [2.45, 2.75) is 25.4 Å². The molecule has 0 atom stereocenters. The zero-order valence-corrected chi connectivity index (χ0v) is 18.5. The molecule has 0 bridgehead atoms. The lowest BCUT2D eigenvalue weighted by Gasteiger charge is -2.36. The first-order valence-corrected chi connectivity index (χ1v) is 10.9. The first-order chi connectivity index (χ1) is 15.4. The van der Waals surface area contributed by atoms with Gasteiger partial charge in [0.25, 0.3) is 0 Å². The van der Waals surface area contributed by atoms with Gasteiger partial charge in [0.15, 0.2) is 0 Å². The average molecular weight is 433 g/mol. The van der Waals surface area contributed by atoms with Crippen LogP contribution in [0.1, 0.15) is 31.0 Å². The number of benzene rings is 1. The van der Waals surface area contributed by atoms with E-state index in [2.05, 4.69) is 31.8 Å². The van der Waals surface area contributed by atoms with E-state index in [0.717, 1.165) is 56.3 Å². The van der Waals surface area contributed by atoms with E-state index >= 15 is 0 Å². The molecule has 0 amide bonds. The number of hydrogen-bond donors (Lipinski definition) is 2. The maximum atomic E-state index is 8.75. The minimum atomic E-state index is -0.0877. The van der Waals surface area contributed by atoms with Crippen molar-refractivity contribution < 1.29 is 4.74 Å². The molecule has 1 saturated heterocycles. The van der Waals surface area contributed by atoms with Gasteiger partial charge in [0.1, 0.15) is 23.5 Å². The zero-order valence-electron chi connectivity index (χ0n) is 18.5. The molecule has 166 valence electrons. The highest BCUT2D eigenvalue weighted by atomic mass is 16.5. The Morgan fingerprint density at radius 3 is 2.53 bits per heavy atom. The van der Waals surface area contributed by atoms with Crippen molar-refractivity contribution >= 4 is 22.9 Å². The van der Waals surface area contributed by atoms with E-state index in [1.807, 2.05) is 42.3 Å². The van der Waals surface area contributed by atoms with Crippen LogP contribution in [0, 0.1) is 5.41 Å². The maximum absolute atomic E-state index is 8.75. The van der Waals surface area contributed by atoms with Crippen LogP contribution in [0.25, 0.3) is 0 Å². The maximum Gasteiger partial charge on any atom is 0.132 e. The minimum absolute atomic E-state index is 0.0877. The summed E-state index contributed by atoms with van der Waals surface area (Å²) in [7, 11) is 1.93. The number of aryl methyl sites for hydroxylation is 1. The highest BCUT2D eigenvalue weighted by Crippen LogP contribution is 2.40. The van der Waals surface area contributed by atoms with E-state index in [1.54, 1.807) is 6.07 Å². The van der Waals surface area contributed by atoms with Gasteiger partial charge in [0, 0.05) is 56.7 Å². The van der Waals surface area contributed by atoms with Crippen LogP contribution in [-0.2, 0) is 7.05 Å². The van der Waals surface area contributed by atoms with Crippen molar-refractivity contribution in [3.05, 3.63) is 54.2 Å². The highest BCUT2D eigenvalue weighted by Gasteiger charge is 2.40. The summed E-state index contributed by atoms with van der Waals surface area (Å²) in [5.74, 6) is 1.56. The Morgan fingerprint density at radius 2 is 1.84 bits per heavy atom. The first-order valence-electron chi connectivity index (χ1n) is 10.9. The first kappa shape index (κ1) is 20.3. The Kier molecular flexibility index (Phi) is 4.96. The average Bonchev–Trinajstić information content (AvgIpc) is 3.37. The van der Waals surface area contributed by atoms with E-state index in [4.69, 9.17) is 15.9 Å². The molecule has 1 aromatic carbocycles. The van der Waals surface area contributed by atoms with Gasteiger partial charge in [-0.05, 0) is 38.0 Å². The number of aromatic nitrogens is 4. The molecule has 3 N–H and O–H groups in total. The number of nitrogens with two attached hydrogens (primary N) is 1. The van der Waals surface area contributed by atoms with E-state index in [0.29, 0.717) is 16.9 Å². The van der Waals surface area contributed by atoms with Crippen LogP contribution >= 0.6 is 0 Å². The van der Waals surface area contributed by atoms with Crippen molar-refractivity contribution in [2.24, 2.45) is 7.05 Å². The lowest BCUT2D eigenvalue weighted by Crippen LogP contribution is -2.46. The number of nitrogens with one attached hydrogen (secondary N) is 1. The Hall–Kier alpha value is -3.62. The second-order valence-electron chi connectivity index (χ2n) is 8.78. The van der Waals surface area contributed by atoms with Crippen LogP contribution in [0.15, 0.2) is 43.0 Å². The van der Waals surface area contributed by atoms with Gasteiger partial charge in [-0.1, -0.05) is 0 Å². The fourth-order valence-electron chi connectivity index (χ4n) is 3.94. The van der Waals surface area contributed by atoms with Crippen molar-refractivity contribution in [2.75, 3.05) is 41.7 Å².